The molecule has 1 aliphatic heterocycles. The summed E-state index contributed by atoms with van der Waals surface area (Å²) in [4.78, 5) is 14.7. The summed E-state index contributed by atoms with van der Waals surface area (Å²) in [5.74, 6) is 0.236. The summed E-state index contributed by atoms with van der Waals surface area (Å²) in [7, 11) is -3.73. The van der Waals surface area contributed by atoms with E-state index >= 15 is 0 Å². The first-order chi connectivity index (χ1) is 14.3. The molecule has 156 valence electrons. The fraction of sp³-hybridized carbons (Fsp3) is 0.273. The van der Waals surface area contributed by atoms with Crippen molar-refractivity contribution in [1.82, 2.24) is 9.88 Å². The Morgan fingerprint density at radius 3 is 2.53 bits per heavy atom. The lowest BCUT2D eigenvalue weighted by atomic mass is 10.1. The molecule has 2 heterocycles. The van der Waals surface area contributed by atoms with Crippen LogP contribution in [0.25, 0.3) is 0 Å². The zero-order valence-electron chi connectivity index (χ0n) is 17.1. The van der Waals surface area contributed by atoms with Crippen LogP contribution in [0.1, 0.15) is 38.5 Å². The molecule has 0 fully saturated rings. The van der Waals surface area contributed by atoms with Crippen molar-refractivity contribution in [2.45, 2.75) is 38.6 Å². The van der Waals surface area contributed by atoms with Crippen molar-refractivity contribution in [1.29, 1.82) is 0 Å². The van der Waals surface area contributed by atoms with Crippen molar-refractivity contribution < 1.29 is 17.7 Å². The number of rotatable bonds is 5. The molecule has 0 radical (unpaired) electrons. The van der Waals surface area contributed by atoms with Crippen molar-refractivity contribution in [3.05, 3.63) is 76.2 Å². The van der Waals surface area contributed by atoms with E-state index < -0.39 is 10.0 Å². The SMILES string of the molecule is Cc1ccc(C(=O)N2CCc3cc(CNS(=O)(=O)c4c(C)noc4C)ccc32)cc1. The average molecular weight is 426 g/mol. The third kappa shape index (κ3) is 3.76. The van der Waals surface area contributed by atoms with Gasteiger partial charge in [0, 0.05) is 24.3 Å². The Kier molecular flexibility index (Phi) is 5.21. The van der Waals surface area contributed by atoms with Gasteiger partial charge < -0.3 is 9.42 Å². The van der Waals surface area contributed by atoms with Crippen LogP contribution < -0.4 is 9.62 Å². The van der Waals surface area contributed by atoms with Crippen LogP contribution in [0, 0.1) is 20.8 Å². The minimum atomic E-state index is -3.73. The number of carbonyl (C=O) groups excluding carboxylic acids is 1. The number of aromatic nitrogens is 1. The number of fused-ring (bicyclic) bond motifs is 1. The van der Waals surface area contributed by atoms with Crippen LogP contribution >= 0.6 is 0 Å². The lowest BCUT2D eigenvalue weighted by molar-refractivity contribution is 0.0989. The second-order valence-corrected chi connectivity index (χ2v) is 9.22. The summed E-state index contributed by atoms with van der Waals surface area (Å²) in [6.07, 6.45) is 0.734. The smallest absolute Gasteiger partial charge is 0.258 e. The summed E-state index contributed by atoms with van der Waals surface area (Å²) in [5, 5.41) is 3.71. The largest absolute Gasteiger partial charge is 0.360 e. The highest BCUT2D eigenvalue weighted by atomic mass is 32.2. The number of carbonyl (C=O) groups is 1. The van der Waals surface area contributed by atoms with Gasteiger partial charge in [0.05, 0.1) is 0 Å². The van der Waals surface area contributed by atoms with E-state index in [0.29, 0.717) is 17.8 Å². The highest BCUT2D eigenvalue weighted by molar-refractivity contribution is 7.89. The Labute approximate surface area is 175 Å². The van der Waals surface area contributed by atoms with E-state index in [-0.39, 0.29) is 23.1 Å². The van der Waals surface area contributed by atoms with Crippen LogP contribution in [0.3, 0.4) is 0 Å². The fourth-order valence-corrected chi connectivity index (χ4v) is 5.08. The minimum absolute atomic E-state index is 0.0272. The summed E-state index contributed by atoms with van der Waals surface area (Å²) in [6.45, 7) is 5.91. The van der Waals surface area contributed by atoms with E-state index in [0.717, 1.165) is 28.8 Å². The second-order valence-electron chi connectivity index (χ2n) is 7.51. The van der Waals surface area contributed by atoms with Crippen molar-refractivity contribution >= 4 is 21.6 Å². The first-order valence-electron chi connectivity index (χ1n) is 9.69. The zero-order chi connectivity index (χ0) is 21.5. The van der Waals surface area contributed by atoms with Gasteiger partial charge in [-0.15, -0.1) is 0 Å². The van der Waals surface area contributed by atoms with Gasteiger partial charge in [0.2, 0.25) is 10.0 Å². The van der Waals surface area contributed by atoms with E-state index in [4.69, 9.17) is 4.52 Å². The number of anilines is 1. The molecule has 7 nitrogen and oxygen atoms in total. The van der Waals surface area contributed by atoms with Gasteiger partial charge in [0.1, 0.15) is 10.6 Å². The normalized spacial score (nSPS) is 13.5. The van der Waals surface area contributed by atoms with Crippen LogP contribution in [0.2, 0.25) is 0 Å². The predicted molar refractivity (Wildman–Crippen MR) is 113 cm³/mol. The molecule has 30 heavy (non-hydrogen) atoms. The molecule has 0 spiro atoms. The van der Waals surface area contributed by atoms with Crippen molar-refractivity contribution in [2.24, 2.45) is 0 Å². The van der Waals surface area contributed by atoms with Gasteiger partial charge >= 0.3 is 0 Å². The van der Waals surface area contributed by atoms with E-state index in [1.807, 2.05) is 49.4 Å². The molecule has 1 amide bonds. The summed E-state index contributed by atoms with van der Waals surface area (Å²) >= 11 is 0. The van der Waals surface area contributed by atoms with Gasteiger partial charge in [-0.3, -0.25) is 4.79 Å². The zero-order valence-corrected chi connectivity index (χ0v) is 17.9. The number of nitrogens with one attached hydrogen (secondary N) is 1. The lowest BCUT2D eigenvalue weighted by Crippen LogP contribution is -2.28. The van der Waals surface area contributed by atoms with E-state index in [9.17, 15) is 13.2 Å². The van der Waals surface area contributed by atoms with Gasteiger partial charge in [-0.25, -0.2) is 13.1 Å². The number of hydrogen-bond donors (Lipinski definition) is 1. The quantitative estimate of drug-likeness (QED) is 0.677. The van der Waals surface area contributed by atoms with Crippen LogP contribution in [0.5, 0.6) is 0 Å². The standard InChI is InChI=1S/C22H23N3O4S/c1-14-4-7-18(8-5-14)22(26)25-11-10-19-12-17(6-9-20(19)25)13-23-30(27,28)21-15(2)24-29-16(21)3/h4-9,12,23H,10-11,13H2,1-3H3. The Balaban J connectivity index is 1.50. The number of hydrogen-bond acceptors (Lipinski definition) is 5. The molecule has 0 saturated heterocycles. The molecule has 0 unspecified atom stereocenters. The van der Waals surface area contributed by atoms with Crippen molar-refractivity contribution in [2.75, 3.05) is 11.4 Å². The maximum Gasteiger partial charge on any atom is 0.258 e. The molecule has 0 atom stereocenters. The number of benzene rings is 2. The van der Waals surface area contributed by atoms with Crippen molar-refractivity contribution in [3.63, 3.8) is 0 Å². The highest BCUT2D eigenvalue weighted by Crippen LogP contribution is 2.30. The topological polar surface area (TPSA) is 92.5 Å². The average Bonchev–Trinajstić information content (AvgIpc) is 3.29. The Morgan fingerprint density at radius 1 is 1.13 bits per heavy atom. The van der Waals surface area contributed by atoms with Crippen molar-refractivity contribution in [3.8, 4) is 0 Å². The van der Waals surface area contributed by atoms with E-state index in [2.05, 4.69) is 9.88 Å². The van der Waals surface area contributed by atoms with E-state index in [1.165, 1.54) is 0 Å². The van der Waals surface area contributed by atoms with Gasteiger partial charge in [-0.1, -0.05) is 35.0 Å². The Hall–Kier alpha value is -2.97. The minimum Gasteiger partial charge on any atom is -0.360 e. The van der Waals surface area contributed by atoms with Crippen LogP contribution in [-0.4, -0.2) is 26.0 Å². The van der Waals surface area contributed by atoms with Gasteiger partial charge in [-0.2, -0.15) is 0 Å². The number of sulfonamides is 1. The Morgan fingerprint density at radius 2 is 1.87 bits per heavy atom. The number of aryl methyl sites for hydroxylation is 3. The first-order valence-corrected chi connectivity index (χ1v) is 11.2. The lowest BCUT2D eigenvalue weighted by Gasteiger charge is -2.18. The molecule has 0 saturated carbocycles. The molecule has 1 N–H and O–H groups in total. The summed E-state index contributed by atoms with van der Waals surface area (Å²) in [6, 6.07) is 13.2. The third-order valence-corrected chi connectivity index (χ3v) is 6.93. The highest BCUT2D eigenvalue weighted by Gasteiger charge is 2.27. The van der Waals surface area contributed by atoms with Gasteiger partial charge in [-0.05, 0) is 56.5 Å². The molecule has 1 aromatic heterocycles. The number of amides is 1. The molecular formula is C22H23N3O4S. The molecule has 0 aliphatic carbocycles. The first kappa shape index (κ1) is 20.3. The fourth-order valence-electron chi connectivity index (χ4n) is 3.74. The predicted octanol–water partition coefficient (Wildman–Crippen LogP) is 3.28. The van der Waals surface area contributed by atoms with Gasteiger partial charge in [0.15, 0.2) is 5.76 Å². The molecule has 4 rings (SSSR count). The van der Waals surface area contributed by atoms with E-state index in [1.54, 1.807) is 18.7 Å². The molecule has 8 heteroatoms. The van der Waals surface area contributed by atoms with Crippen LogP contribution in [0.15, 0.2) is 51.9 Å². The molecule has 2 aromatic carbocycles. The molecule has 3 aromatic rings. The monoisotopic (exact) mass is 425 g/mol. The molecule has 1 aliphatic rings. The maximum absolute atomic E-state index is 12.9. The molecular weight excluding hydrogens is 402 g/mol. The van der Waals surface area contributed by atoms with Crippen LogP contribution in [0.4, 0.5) is 5.69 Å². The third-order valence-electron chi connectivity index (χ3n) is 5.29. The second kappa shape index (κ2) is 7.70. The van der Waals surface area contributed by atoms with Crippen LogP contribution in [-0.2, 0) is 23.0 Å². The van der Waals surface area contributed by atoms with Gasteiger partial charge in [0.25, 0.3) is 5.91 Å². The maximum atomic E-state index is 12.9. The summed E-state index contributed by atoms with van der Waals surface area (Å²) in [5.41, 5.74) is 4.83. The molecule has 0 bridgehead atoms. The number of nitrogens with zero attached hydrogens (tertiary/aromatic N) is 2. The summed E-state index contributed by atoms with van der Waals surface area (Å²) < 4.78 is 32.8. The Bertz CT molecular complexity index is 1190.